The fourth-order valence-electron chi connectivity index (χ4n) is 2.42. The minimum absolute atomic E-state index is 0.0230. The lowest BCUT2D eigenvalue weighted by molar-refractivity contribution is -0.137. The number of carboxylic acid groups (broad SMARTS) is 1. The first kappa shape index (κ1) is 16.8. The largest absolute Gasteiger partial charge is 0.481 e. The molecule has 1 aromatic heterocycles. The van der Waals surface area contributed by atoms with Crippen molar-refractivity contribution in [1.82, 2.24) is 5.32 Å². The van der Waals surface area contributed by atoms with Gasteiger partial charge in [-0.25, -0.2) is 0 Å². The summed E-state index contributed by atoms with van der Waals surface area (Å²) in [6, 6.07) is 9.46. The quantitative estimate of drug-likeness (QED) is 0.856. The van der Waals surface area contributed by atoms with E-state index in [1.165, 1.54) is 0 Å². The minimum atomic E-state index is -0.868. The van der Waals surface area contributed by atoms with E-state index in [1.807, 2.05) is 44.2 Å². The van der Waals surface area contributed by atoms with E-state index < -0.39 is 5.97 Å². The van der Waals surface area contributed by atoms with Gasteiger partial charge in [-0.05, 0) is 19.8 Å². The fourth-order valence-corrected chi connectivity index (χ4v) is 2.42. The second-order valence-corrected chi connectivity index (χ2v) is 5.77. The van der Waals surface area contributed by atoms with Crippen molar-refractivity contribution < 1.29 is 19.1 Å². The van der Waals surface area contributed by atoms with E-state index in [1.54, 1.807) is 6.92 Å². The van der Waals surface area contributed by atoms with Crippen LogP contribution in [0.1, 0.15) is 35.0 Å². The van der Waals surface area contributed by atoms with E-state index in [4.69, 9.17) is 9.52 Å². The van der Waals surface area contributed by atoms with E-state index >= 15 is 0 Å². The Balaban J connectivity index is 2.22. The van der Waals surface area contributed by atoms with E-state index in [-0.39, 0.29) is 18.2 Å². The van der Waals surface area contributed by atoms with Crippen LogP contribution >= 0.6 is 0 Å². The third-order valence-corrected chi connectivity index (χ3v) is 3.78. The summed E-state index contributed by atoms with van der Waals surface area (Å²) in [6.45, 7) is 5.77. The standard InChI is InChI=1S/C18H21NO4/c1-11(9-15(20)21)10-19-18(22)16-12(2)13(3)23-17(16)14-7-5-4-6-8-14/h4-8,11H,9-10H2,1-3H3,(H,19,22)(H,20,21). The number of carboxylic acids is 1. The summed E-state index contributed by atoms with van der Waals surface area (Å²) in [5.74, 6) is 0.00371. The van der Waals surface area contributed by atoms with Crippen molar-refractivity contribution in [3.8, 4) is 11.3 Å². The first-order chi connectivity index (χ1) is 10.9. The van der Waals surface area contributed by atoms with E-state index in [2.05, 4.69) is 5.32 Å². The maximum atomic E-state index is 12.5. The van der Waals surface area contributed by atoms with Crippen LogP contribution in [0.25, 0.3) is 11.3 Å². The Labute approximate surface area is 135 Å². The van der Waals surface area contributed by atoms with Crippen LogP contribution in [-0.4, -0.2) is 23.5 Å². The van der Waals surface area contributed by atoms with E-state index in [0.29, 0.717) is 23.6 Å². The molecule has 5 heteroatoms. The molecule has 0 aliphatic carbocycles. The summed E-state index contributed by atoms with van der Waals surface area (Å²) in [5, 5.41) is 11.6. The molecule has 2 rings (SSSR count). The molecule has 0 saturated heterocycles. The molecule has 122 valence electrons. The van der Waals surface area contributed by atoms with Gasteiger partial charge >= 0.3 is 5.97 Å². The number of hydrogen-bond acceptors (Lipinski definition) is 3. The highest BCUT2D eigenvalue weighted by atomic mass is 16.4. The minimum Gasteiger partial charge on any atom is -0.481 e. The summed E-state index contributed by atoms with van der Waals surface area (Å²) in [6.07, 6.45) is 0.0230. The number of nitrogens with one attached hydrogen (secondary N) is 1. The maximum Gasteiger partial charge on any atom is 0.303 e. The molecule has 0 aliphatic rings. The first-order valence-electron chi connectivity index (χ1n) is 7.55. The number of benzene rings is 1. The van der Waals surface area contributed by atoms with Crippen LogP contribution in [0, 0.1) is 19.8 Å². The molecule has 1 unspecified atom stereocenters. The van der Waals surface area contributed by atoms with Crippen LogP contribution in [0.4, 0.5) is 0 Å². The monoisotopic (exact) mass is 315 g/mol. The van der Waals surface area contributed by atoms with Crippen LogP contribution in [-0.2, 0) is 4.79 Å². The second kappa shape index (κ2) is 7.13. The molecule has 0 aliphatic heterocycles. The number of hydrogen-bond donors (Lipinski definition) is 2. The maximum absolute atomic E-state index is 12.5. The predicted octanol–water partition coefficient (Wildman–Crippen LogP) is 3.40. The van der Waals surface area contributed by atoms with Gasteiger partial charge < -0.3 is 14.8 Å². The molecule has 0 fully saturated rings. The molecule has 23 heavy (non-hydrogen) atoms. The number of carbonyl (C=O) groups excluding carboxylic acids is 1. The Morgan fingerprint density at radius 1 is 1.22 bits per heavy atom. The lowest BCUT2D eigenvalue weighted by Crippen LogP contribution is -2.29. The fraction of sp³-hybridized carbons (Fsp3) is 0.333. The van der Waals surface area contributed by atoms with Crippen molar-refractivity contribution in [2.45, 2.75) is 27.2 Å². The van der Waals surface area contributed by atoms with E-state index in [9.17, 15) is 9.59 Å². The number of carbonyl (C=O) groups is 2. The SMILES string of the molecule is Cc1oc(-c2ccccc2)c(C(=O)NCC(C)CC(=O)O)c1C. The Morgan fingerprint density at radius 2 is 1.87 bits per heavy atom. The highest BCUT2D eigenvalue weighted by molar-refractivity contribution is 6.01. The Morgan fingerprint density at radius 3 is 2.48 bits per heavy atom. The Hall–Kier alpha value is -2.56. The molecule has 1 aromatic carbocycles. The zero-order chi connectivity index (χ0) is 17.0. The molecule has 0 radical (unpaired) electrons. The molecule has 0 saturated carbocycles. The number of aryl methyl sites for hydroxylation is 1. The van der Waals surface area contributed by atoms with Gasteiger partial charge in [0.1, 0.15) is 11.5 Å². The number of furan rings is 1. The van der Waals surface area contributed by atoms with Crippen molar-refractivity contribution in [2.24, 2.45) is 5.92 Å². The predicted molar refractivity (Wildman–Crippen MR) is 87.4 cm³/mol. The van der Waals surface area contributed by atoms with Crippen molar-refractivity contribution in [2.75, 3.05) is 6.54 Å². The van der Waals surface area contributed by atoms with Gasteiger partial charge in [0.15, 0.2) is 0 Å². The lowest BCUT2D eigenvalue weighted by Gasteiger charge is -2.11. The molecule has 1 atom stereocenters. The summed E-state index contributed by atoms with van der Waals surface area (Å²) >= 11 is 0. The van der Waals surface area contributed by atoms with Crippen LogP contribution in [0.5, 0.6) is 0 Å². The van der Waals surface area contributed by atoms with Crippen LogP contribution in [0.3, 0.4) is 0 Å². The molecule has 0 bridgehead atoms. The molecule has 2 aromatic rings. The highest BCUT2D eigenvalue weighted by Crippen LogP contribution is 2.30. The highest BCUT2D eigenvalue weighted by Gasteiger charge is 2.22. The molecule has 0 spiro atoms. The Kier molecular flexibility index (Phi) is 5.21. The van der Waals surface area contributed by atoms with Gasteiger partial charge in [0.05, 0.1) is 5.56 Å². The Bertz CT molecular complexity index is 703. The van der Waals surface area contributed by atoms with Crippen molar-refractivity contribution in [3.05, 3.63) is 47.2 Å². The summed E-state index contributed by atoms with van der Waals surface area (Å²) < 4.78 is 5.77. The van der Waals surface area contributed by atoms with Gasteiger partial charge in [-0.2, -0.15) is 0 Å². The van der Waals surface area contributed by atoms with Crippen molar-refractivity contribution in [1.29, 1.82) is 0 Å². The van der Waals surface area contributed by atoms with Gasteiger partial charge in [0.25, 0.3) is 5.91 Å². The lowest BCUT2D eigenvalue weighted by atomic mass is 10.0. The molecular formula is C18H21NO4. The van der Waals surface area contributed by atoms with Crippen molar-refractivity contribution in [3.63, 3.8) is 0 Å². The third kappa shape index (κ3) is 4.00. The second-order valence-electron chi connectivity index (χ2n) is 5.77. The van der Waals surface area contributed by atoms with Gasteiger partial charge in [-0.3, -0.25) is 9.59 Å². The topological polar surface area (TPSA) is 79.5 Å². The van der Waals surface area contributed by atoms with Crippen LogP contribution in [0.15, 0.2) is 34.7 Å². The third-order valence-electron chi connectivity index (χ3n) is 3.78. The normalized spacial score (nSPS) is 12.0. The smallest absolute Gasteiger partial charge is 0.303 e. The first-order valence-corrected chi connectivity index (χ1v) is 7.55. The molecule has 5 nitrogen and oxygen atoms in total. The molecule has 2 N–H and O–H groups in total. The van der Waals surface area contributed by atoms with Gasteiger partial charge in [-0.15, -0.1) is 0 Å². The number of amides is 1. The molecule has 1 amide bonds. The zero-order valence-corrected chi connectivity index (χ0v) is 13.6. The van der Waals surface area contributed by atoms with Gasteiger partial charge in [-0.1, -0.05) is 37.3 Å². The van der Waals surface area contributed by atoms with E-state index in [0.717, 1.165) is 11.1 Å². The average Bonchev–Trinajstić information content (AvgIpc) is 2.81. The van der Waals surface area contributed by atoms with Gasteiger partial charge in [0.2, 0.25) is 0 Å². The van der Waals surface area contributed by atoms with Gasteiger partial charge in [0, 0.05) is 24.1 Å². The van der Waals surface area contributed by atoms with Crippen molar-refractivity contribution >= 4 is 11.9 Å². The average molecular weight is 315 g/mol. The number of rotatable bonds is 6. The molecule has 1 heterocycles. The van der Waals surface area contributed by atoms with Crippen LogP contribution < -0.4 is 5.32 Å². The summed E-state index contributed by atoms with van der Waals surface area (Å²) in [7, 11) is 0. The summed E-state index contributed by atoms with van der Waals surface area (Å²) in [5.41, 5.74) is 2.15. The summed E-state index contributed by atoms with van der Waals surface area (Å²) in [4.78, 5) is 23.2. The van der Waals surface area contributed by atoms with Crippen LogP contribution in [0.2, 0.25) is 0 Å². The molecular weight excluding hydrogens is 294 g/mol. The zero-order valence-electron chi connectivity index (χ0n) is 13.6. The number of aliphatic carboxylic acids is 1.